The molecule has 1 aromatic rings. The van der Waals surface area contributed by atoms with E-state index in [1.54, 1.807) is 4.68 Å². The standard InChI is InChI=1S/C14H26N4O/c1-4-9-15-13(10-12-11-18(2)17-16-12)14(19-3)7-5-6-8-14/h11,13,15H,4-10H2,1-3H3. The van der Waals surface area contributed by atoms with Gasteiger partial charge in [-0.05, 0) is 25.8 Å². The maximum Gasteiger partial charge on any atom is 0.0843 e. The Kier molecular flexibility index (Phi) is 4.93. The molecular formula is C14H26N4O. The van der Waals surface area contributed by atoms with Crippen LogP contribution in [0.4, 0.5) is 0 Å². The molecule has 0 aliphatic heterocycles. The van der Waals surface area contributed by atoms with Gasteiger partial charge in [0.05, 0.1) is 11.3 Å². The summed E-state index contributed by atoms with van der Waals surface area (Å²) in [6.45, 7) is 3.22. The lowest BCUT2D eigenvalue weighted by atomic mass is 9.88. The molecule has 0 bridgehead atoms. The minimum absolute atomic E-state index is 0.0211. The number of methoxy groups -OCH3 is 1. The molecule has 5 nitrogen and oxygen atoms in total. The fourth-order valence-corrected chi connectivity index (χ4v) is 3.13. The van der Waals surface area contributed by atoms with Gasteiger partial charge in [-0.25, -0.2) is 0 Å². The second-order valence-electron chi connectivity index (χ2n) is 5.57. The summed E-state index contributed by atoms with van der Waals surface area (Å²) in [5, 5.41) is 11.9. The summed E-state index contributed by atoms with van der Waals surface area (Å²) in [6, 6.07) is 0.330. The van der Waals surface area contributed by atoms with Crippen LogP contribution in [0.3, 0.4) is 0 Å². The normalized spacial score (nSPS) is 19.7. The van der Waals surface area contributed by atoms with Crippen LogP contribution in [0.15, 0.2) is 6.20 Å². The molecule has 19 heavy (non-hydrogen) atoms. The fourth-order valence-electron chi connectivity index (χ4n) is 3.13. The van der Waals surface area contributed by atoms with Gasteiger partial charge in [0.15, 0.2) is 0 Å². The number of hydrogen-bond acceptors (Lipinski definition) is 4. The third kappa shape index (κ3) is 3.34. The van der Waals surface area contributed by atoms with E-state index in [-0.39, 0.29) is 5.60 Å². The summed E-state index contributed by atoms with van der Waals surface area (Å²) in [5.74, 6) is 0. The molecular weight excluding hydrogens is 240 g/mol. The molecule has 1 saturated carbocycles. The Morgan fingerprint density at radius 3 is 2.74 bits per heavy atom. The van der Waals surface area contributed by atoms with Gasteiger partial charge in [0.1, 0.15) is 0 Å². The Morgan fingerprint density at radius 2 is 2.21 bits per heavy atom. The van der Waals surface area contributed by atoms with E-state index in [9.17, 15) is 0 Å². The molecule has 1 aliphatic rings. The first kappa shape index (κ1) is 14.5. The smallest absolute Gasteiger partial charge is 0.0843 e. The van der Waals surface area contributed by atoms with Crippen LogP contribution in [-0.2, 0) is 18.2 Å². The monoisotopic (exact) mass is 266 g/mol. The molecule has 1 heterocycles. The SMILES string of the molecule is CCCNC(Cc1cn(C)nn1)C1(OC)CCCC1. The van der Waals surface area contributed by atoms with Crippen LogP contribution in [0, 0.1) is 0 Å². The Bertz CT molecular complexity index is 385. The van der Waals surface area contributed by atoms with Gasteiger partial charge in [-0.3, -0.25) is 4.68 Å². The number of rotatable bonds is 7. The van der Waals surface area contributed by atoms with Crippen molar-refractivity contribution in [3.8, 4) is 0 Å². The number of aromatic nitrogens is 3. The number of nitrogens with one attached hydrogen (secondary N) is 1. The predicted octanol–water partition coefficient (Wildman–Crippen LogP) is 1.68. The lowest BCUT2D eigenvalue weighted by Gasteiger charge is -2.36. The van der Waals surface area contributed by atoms with Crippen molar-refractivity contribution in [1.29, 1.82) is 0 Å². The predicted molar refractivity (Wildman–Crippen MR) is 75.0 cm³/mol. The van der Waals surface area contributed by atoms with E-state index in [4.69, 9.17) is 4.74 Å². The molecule has 0 radical (unpaired) electrons. The highest BCUT2D eigenvalue weighted by molar-refractivity contribution is 5.04. The maximum absolute atomic E-state index is 5.92. The molecule has 1 atom stereocenters. The van der Waals surface area contributed by atoms with Crippen LogP contribution >= 0.6 is 0 Å². The highest BCUT2D eigenvalue weighted by atomic mass is 16.5. The van der Waals surface area contributed by atoms with Gasteiger partial charge in [-0.2, -0.15) is 0 Å². The minimum Gasteiger partial charge on any atom is -0.377 e. The molecule has 1 N–H and O–H groups in total. The number of nitrogens with zero attached hydrogens (tertiary/aromatic N) is 3. The van der Waals surface area contributed by atoms with E-state index in [1.165, 1.54) is 12.8 Å². The topological polar surface area (TPSA) is 52.0 Å². The highest BCUT2D eigenvalue weighted by Gasteiger charge is 2.41. The van der Waals surface area contributed by atoms with Crippen LogP contribution in [-0.4, -0.2) is 40.3 Å². The van der Waals surface area contributed by atoms with E-state index in [0.717, 1.165) is 37.9 Å². The lowest BCUT2D eigenvalue weighted by Crippen LogP contribution is -2.52. The first-order chi connectivity index (χ1) is 9.20. The molecule has 2 rings (SSSR count). The molecule has 0 spiro atoms. The Labute approximate surface area is 115 Å². The molecule has 0 saturated heterocycles. The van der Waals surface area contributed by atoms with E-state index < -0.39 is 0 Å². The van der Waals surface area contributed by atoms with Crippen LogP contribution in [0.5, 0.6) is 0 Å². The third-order valence-electron chi connectivity index (χ3n) is 4.20. The van der Waals surface area contributed by atoms with Crippen molar-refractivity contribution >= 4 is 0 Å². The Hall–Kier alpha value is -0.940. The molecule has 1 aromatic heterocycles. The molecule has 1 unspecified atom stereocenters. The third-order valence-corrected chi connectivity index (χ3v) is 4.20. The molecule has 0 aromatic carbocycles. The van der Waals surface area contributed by atoms with Gasteiger partial charge in [0.2, 0.25) is 0 Å². The number of aryl methyl sites for hydroxylation is 1. The number of ether oxygens (including phenoxy) is 1. The van der Waals surface area contributed by atoms with Gasteiger partial charge in [0, 0.05) is 32.8 Å². The van der Waals surface area contributed by atoms with E-state index in [0.29, 0.717) is 6.04 Å². The van der Waals surface area contributed by atoms with Crippen molar-refractivity contribution in [3.63, 3.8) is 0 Å². The second kappa shape index (κ2) is 6.48. The van der Waals surface area contributed by atoms with E-state index >= 15 is 0 Å². The first-order valence-corrected chi connectivity index (χ1v) is 7.34. The summed E-state index contributed by atoms with van der Waals surface area (Å²) in [4.78, 5) is 0. The molecule has 1 fully saturated rings. The number of hydrogen-bond donors (Lipinski definition) is 1. The minimum atomic E-state index is -0.0211. The zero-order valence-electron chi connectivity index (χ0n) is 12.4. The summed E-state index contributed by atoms with van der Waals surface area (Å²) in [6.07, 6.45) is 8.84. The molecule has 108 valence electrons. The fraction of sp³-hybridized carbons (Fsp3) is 0.857. The van der Waals surface area contributed by atoms with Crippen molar-refractivity contribution in [2.45, 2.75) is 57.1 Å². The maximum atomic E-state index is 5.92. The van der Waals surface area contributed by atoms with Gasteiger partial charge >= 0.3 is 0 Å². The van der Waals surface area contributed by atoms with Gasteiger partial charge in [-0.15, -0.1) is 5.10 Å². The molecule has 1 aliphatic carbocycles. The van der Waals surface area contributed by atoms with Crippen molar-refractivity contribution in [2.75, 3.05) is 13.7 Å². The first-order valence-electron chi connectivity index (χ1n) is 7.34. The summed E-state index contributed by atoms with van der Waals surface area (Å²) in [5.41, 5.74) is 1.02. The summed E-state index contributed by atoms with van der Waals surface area (Å²) >= 11 is 0. The zero-order valence-corrected chi connectivity index (χ0v) is 12.4. The quantitative estimate of drug-likeness (QED) is 0.816. The van der Waals surface area contributed by atoms with Crippen LogP contribution in [0.2, 0.25) is 0 Å². The largest absolute Gasteiger partial charge is 0.377 e. The van der Waals surface area contributed by atoms with Crippen molar-refractivity contribution in [2.24, 2.45) is 7.05 Å². The highest BCUT2D eigenvalue weighted by Crippen LogP contribution is 2.36. The van der Waals surface area contributed by atoms with Crippen LogP contribution < -0.4 is 5.32 Å². The molecule has 5 heteroatoms. The summed E-state index contributed by atoms with van der Waals surface area (Å²) in [7, 11) is 3.76. The van der Waals surface area contributed by atoms with Crippen molar-refractivity contribution in [1.82, 2.24) is 20.3 Å². The van der Waals surface area contributed by atoms with Crippen LogP contribution in [0.25, 0.3) is 0 Å². The van der Waals surface area contributed by atoms with Crippen molar-refractivity contribution < 1.29 is 4.74 Å². The second-order valence-corrected chi connectivity index (χ2v) is 5.57. The zero-order chi connectivity index (χ0) is 13.7. The van der Waals surface area contributed by atoms with E-state index in [1.807, 2.05) is 20.4 Å². The Balaban J connectivity index is 2.10. The lowest BCUT2D eigenvalue weighted by molar-refractivity contribution is -0.0357. The average molecular weight is 266 g/mol. The van der Waals surface area contributed by atoms with Gasteiger partial charge < -0.3 is 10.1 Å². The molecule has 0 amide bonds. The summed E-state index contributed by atoms with van der Waals surface area (Å²) < 4.78 is 7.68. The van der Waals surface area contributed by atoms with Crippen molar-refractivity contribution in [3.05, 3.63) is 11.9 Å². The van der Waals surface area contributed by atoms with Crippen LogP contribution in [0.1, 0.15) is 44.7 Å². The van der Waals surface area contributed by atoms with Gasteiger partial charge in [0.25, 0.3) is 0 Å². The van der Waals surface area contributed by atoms with Gasteiger partial charge in [-0.1, -0.05) is 25.0 Å². The Morgan fingerprint density at radius 1 is 1.47 bits per heavy atom. The van der Waals surface area contributed by atoms with E-state index in [2.05, 4.69) is 22.6 Å². The average Bonchev–Trinajstić information content (AvgIpc) is 3.04.